The number of carbonyl (C=O) groups is 1. The maximum atomic E-state index is 13.8. The fraction of sp³-hybridized carbons (Fsp3) is 0.182. The Morgan fingerprint density at radius 2 is 1.56 bits per heavy atom. The summed E-state index contributed by atoms with van der Waals surface area (Å²) in [6.45, 7) is 4.69. The van der Waals surface area contributed by atoms with E-state index in [9.17, 15) is 9.18 Å². The zero-order valence-corrected chi connectivity index (χ0v) is 22.0. The van der Waals surface area contributed by atoms with Gasteiger partial charge in [0.1, 0.15) is 23.9 Å². The number of esters is 1. The van der Waals surface area contributed by atoms with Gasteiger partial charge in [-0.15, -0.1) is 0 Å². The normalized spacial score (nSPS) is 11.8. The second kappa shape index (κ2) is 11.9. The molecule has 1 heterocycles. The largest absolute Gasteiger partial charge is 0.489 e. The summed E-state index contributed by atoms with van der Waals surface area (Å²) in [4.78, 5) is 13.0. The summed E-state index contributed by atoms with van der Waals surface area (Å²) in [6.07, 6.45) is -0.893. The third kappa shape index (κ3) is 5.96. The molecule has 0 aliphatic rings. The van der Waals surface area contributed by atoms with Gasteiger partial charge in [-0.1, -0.05) is 48.5 Å². The molecule has 0 saturated heterocycles. The number of hydrogen-bond donors (Lipinski definition) is 0. The third-order valence-electron chi connectivity index (χ3n) is 6.57. The van der Waals surface area contributed by atoms with Crippen molar-refractivity contribution in [1.82, 2.24) is 4.57 Å². The lowest BCUT2D eigenvalue weighted by molar-refractivity contribution is -0.152. The van der Waals surface area contributed by atoms with Gasteiger partial charge in [-0.25, -0.2) is 9.18 Å². The molecule has 1 unspecified atom stereocenters. The van der Waals surface area contributed by atoms with Crippen LogP contribution in [0.1, 0.15) is 18.1 Å². The molecule has 0 N–H and O–H groups in total. The Morgan fingerprint density at radius 3 is 2.26 bits per heavy atom. The summed E-state index contributed by atoms with van der Waals surface area (Å²) < 4.78 is 33.5. The van der Waals surface area contributed by atoms with Crippen LogP contribution in [0.5, 0.6) is 11.5 Å². The predicted molar refractivity (Wildman–Crippen MR) is 150 cm³/mol. The number of rotatable bonds is 10. The molecule has 0 aliphatic carbocycles. The van der Waals surface area contributed by atoms with Crippen molar-refractivity contribution in [3.05, 3.63) is 120 Å². The van der Waals surface area contributed by atoms with E-state index in [1.807, 2.05) is 90.4 Å². The van der Waals surface area contributed by atoms with Gasteiger partial charge in [0.05, 0.1) is 18.8 Å². The Balaban J connectivity index is 1.56. The van der Waals surface area contributed by atoms with Crippen LogP contribution in [-0.2, 0) is 22.7 Å². The van der Waals surface area contributed by atoms with E-state index < -0.39 is 12.1 Å². The highest BCUT2D eigenvalue weighted by Crippen LogP contribution is 2.36. The average Bonchev–Trinajstić information content (AvgIpc) is 3.23. The van der Waals surface area contributed by atoms with Crippen LogP contribution in [0.15, 0.2) is 103 Å². The van der Waals surface area contributed by atoms with Gasteiger partial charge in [0.25, 0.3) is 0 Å². The SMILES string of the molecule is CCOC(=O)C(Cn1c(-c2ccc(F)cc2)c(C)c2cc(OCc3ccccc3)ccc21)Oc1ccccc1. The second-order valence-electron chi connectivity index (χ2n) is 9.22. The molecule has 39 heavy (non-hydrogen) atoms. The van der Waals surface area contributed by atoms with E-state index in [2.05, 4.69) is 0 Å². The van der Waals surface area contributed by atoms with E-state index in [0.717, 1.165) is 39.0 Å². The fourth-order valence-electron chi connectivity index (χ4n) is 4.73. The monoisotopic (exact) mass is 523 g/mol. The highest BCUT2D eigenvalue weighted by Gasteiger charge is 2.26. The van der Waals surface area contributed by atoms with E-state index in [4.69, 9.17) is 14.2 Å². The van der Waals surface area contributed by atoms with Crippen molar-refractivity contribution in [3.8, 4) is 22.8 Å². The van der Waals surface area contributed by atoms with Crippen LogP contribution in [0.4, 0.5) is 4.39 Å². The first-order chi connectivity index (χ1) is 19.0. The Kier molecular flexibility index (Phi) is 7.92. The van der Waals surface area contributed by atoms with E-state index in [0.29, 0.717) is 12.4 Å². The average molecular weight is 524 g/mol. The summed E-state index contributed by atoms with van der Waals surface area (Å²) in [5.41, 5.74) is 4.68. The molecule has 5 nitrogen and oxygen atoms in total. The molecular weight excluding hydrogens is 493 g/mol. The van der Waals surface area contributed by atoms with Crippen molar-refractivity contribution < 1.29 is 23.4 Å². The van der Waals surface area contributed by atoms with E-state index in [-0.39, 0.29) is 19.0 Å². The molecule has 0 saturated carbocycles. The summed E-state index contributed by atoms with van der Waals surface area (Å²) in [5.74, 6) is 0.546. The number of benzene rings is 4. The number of fused-ring (bicyclic) bond motifs is 1. The molecule has 5 rings (SSSR count). The second-order valence-corrected chi connectivity index (χ2v) is 9.22. The fourth-order valence-corrected chi connectivity index (χ4v) is 4.73. The van der Waals surface area contributed by atoms with Crippen molar-refractivity contribution in [2.24, 2.45) is 0 Å². The van der Waals surface area contributed by atoms with Gasteiger partial charge in [0.2, 0.25) is 6.10 Å². The number of aromatic nitrogens is 1. The van der Waals surface area contributed by atoms with Gasteiger partial charge in [0, 0.05) is 10.9 Å². The lowest BCUT2D eigenvalue weighted by Crippen LogP contribution is -2.34. The highest BCUT2D eigenvalue weighted by molar-refractivity contribution is 5.93. The lowest BCUT2D eigenvalue weighted by atomic mass is 10.1. The van der Waals surface area contributed by atoms with Crippen LogP contribution in [0.25, 0.3) is 22.2 Å². The smallest absolute Gasteiger partial charge is 0.349 e. The van der Waals surface area contributed by atoms with Gasteiger partial charge in [0.15, 0.2) is 0 Å². The van der Waals surface area contributed by atoms with Gasteiger partial charge >= 0.3 is 5.97 Å². The number of para-hydroxylation sites is 1. The van der Waals surface area contributed by atoms with Crippen LogP contribution in [0.3, 0.4) is 0 Å². The molecule has 0 aliphatic heterocycles. The van der Waals surface area contributed by atoms with Crippen LogP contribution >= 0.6 is 0 Å². The molecule has 6 heteroatoms. The van der Waals surface area contributed by atoms with E-state index in [1.165, 1.54) is 12.1 Å². The van der Waals surface area contributed by atoms with Gasteiger partial charge < -0.3 is 18.8 Å². The minimum absolute atomic E-state index is 0.203. The maximum Gasteiger partial charge on any atom is 0.349 e. The molecule has 0 bridgehead atoms. The molecule has 0 fully saturated rings. The van der Waals surface area contributed by atoms with Crippen molar-refractivity contribution >= 4 is 16.9 Å². The molecule has 1 aromatic heterocycles. The topological polar surface area (TPSA) is 49.7 Å². The number of halogens is 1. The van der Waals surface area contributed by atoms with Crippen molar-refractivity contribution in [2.45, 2.75) is 33.1 Å². The Bertz CT molecular complexity index is 1550. The van der Waals surface area contributed by atoms with Gasteiger partial charge in [-0.2, -0.15) is 0 Å². The van der Waals surface area contributed by atoms with Crippen molar-refractivity contribution in [2.75, 3.05) is 6.61 Å². The number of nitrogens with zero attached hydrogens (tertiary/aromatic N) is 1. The standard InChI is InChI=1S/C33H30FNO4/c1-3-37-33(36)31(39-27-12-8-5-9-13-27)21-35-30-19-18-28(38-22-24-10-6-4-7-11-24)20-29(30)23(2)32(35)25-14-16-26(34)17-15-25/h4-20,31H,3,21-22H2,1-2H3. The van der Waals surface area contributed by atoms with Crippen LogP contribution < -0.4 is 9.47 Å². The Hall–Kier alpha value is -4.58. The summed E-state index contributed by atoms with van der Waals surface area (Å²) >= 11 is 0. The third-order valence-corrected chi connectivity index (χ3v) is 6.57. The number of carbonyl (C=O) groups excluding carboxylic acids is 1. The quantitative estimate of drug-likeness (QED) is 0.180. The van der Waals surface area contributed by atoms with Crippen molar-refractivity contribution in [1.29, 1.82) is 0 Å². The first-order valence-electron chi connectivity index (χ1n) is 13.0. The first kappa shape index (κ1) is 26.0. The van der Waals surface area contributed by atoms with E-state index in [1.54, 1.807) is 19.1 Å². The molecule has 0 spiro atoms. The Morgan fingerprint density at radius 1 is 0.872 bits per heavy atom. The molecule has 4 aromatic carbocycles. The summed E-state index contributed by atoms with van der Waals surface area (Å²) in [5, 5.41) is 0.974. The summed E-state index contributed by atoms with van der Waals surface area (Å²) in [6, 6.07) is 31.5. The zero-order chi connectivity index (χ0) is 27.2. The molecular formula is C33H30FNO4. The van der Waals surface area contributed by atoms with E-state index >= 15 is 0 Å². The van der Waals surface area contributed by atoms with Crippen LogP contribution in [0.2, 0.25) is 0 Å². The van der Waals surface area contributed by atoms with Crippen LogP contribution in [0, 0.1) is 12.7 Å². The Labute approximate surface area is 227 Å². The zero-order valence-electron chi connectivity index (χ0n) is 22.0. The minimum Gasteiger partial charge on any atom is -0.489 e. The molecule has 5 aromatic rings. The first-order valence-corrected chi connectivity index (χ1v) is 13.0. The number of hydrogen-bond acceptors (Lipinski definition) is 4. The summed E-state index contributed by atoms with van der Waals surface area (Å²) in [7, 11) is 0. The predicted octanol–water partition coefficient (Wildman–Crippen LogP) is 7.35. The molecule has 0 radical (unpaired) electrons. The number of ether oxygens (including phenoxy) is 3. The lowest BCUT2D eigenvalue weighted by Gasteiger charge is -2.21. The molecule has 1 atom stereocenters. The van der Waals surface area contributed by atoms with Gasteiger partial charge in [-0.3, -0.25) is 0 Å². The van der Waals surface area contributed by atoms with Gasteiger partial charge in [-0.05, 0) is 85.1 Å². The highest BCUT2D eigenvalue weighted by atomic mass is 19.1. The van der Waals surface area contributed by atoms with Crippen LogP contribution in [-0.4, -0.2) is 23.2 Å². The molecule has 198 valence electrons. The number of aryl methyl sites for hydroxylation is 1. The van der Waals surface area contributed by atoms with Crippen molar-refractivity contribution in [3.63, 3.8) is 0 Å². The molecule has 0 amide bonds. The minimum atomic E-state index is -0.893. The maximum absolute atomic E-state index is 13.8.